The fourth-order valence-electron chi connectivity index (χ4n) is 3.81. The fourth-order valence-corrected chi connectivity index (χ4v) is 3.81. The van der Waals surface area contributed by atoms with Crippen LogP contribution in [-0.2, 0) is 4.74 Å². The average molecular weight is 239 g/mol. The first kappa shape index (κ1) is 13.4. The molecule has 1 spiro atoms. The molecule has 2 rings (SSSR count). The van der Waals surface area contributed by atoms with Crippen molar-refractivity contribution in [3.05, 3.63) is 0 Å². The van der Waals surface area contributed by atoms with E-state index in [-0.39, 0.29) is 5.60 Å². The van der Waals surface area contributed by atoms with Gasteiger partial charge < -0.3 is 10.1 Å². The van der Waals surface area contributed by atoms with Crippen molar-refractivity contribution in [3.8, 4) is 0 Å². The van der Waals surface area contributed by atoms with Crippen LogP contribution in [0.5, 0.6) is 0 Å². The molecular weight excluding hydrogens is 210 g/mol. The Labute approximate surface area is 107 Å². The monoisotopic (exact) mass is 239 g/mol. The SMILES string of the molecule is CCC(CC)C1NCCOC12CCC(C)CC2. The molecule has 1 unspecified atom stereocenters. The van der Waals surface area contributed by atoms with Crippen molar-refractivity contribution in [2.24, 2.45) is 11.8 Å². The first-order chi connectivity index (χ1) is 8.22. The summed E-state index contributed by atoms with van der Waals surface area (Å²) in [4.78, 5) is 0. The molecule has 1 heterocycles. The summed E-state index contributed by atoms with van der Waals surface area (Å²) in [6, 6.07) is 0.596. The molecule has 0 amide bonds. The summed E-state index contributed by atoms with van der Waals surface area (Å²) in [6.07, 6.45) is 7.77. The van der Waals surface area contributed by atoms with Gasteiger partial charge in [-0.1, -0.05) is 33.6 Å². The molecule has 1 atom stereocenters. The van der Waals surface area contributed by atoms with Crippen LogP contribution in [-0.4, -0.2) is 24.8 Å². The zero-order chi connectivity index (χ0) is 12.3. The predicted octanol–water partition coefficient (Wildman–Crippen LogP) is 3.36. The zero-order valence-corrected chi connectivity index (χ0v) is 11.8. The Morgan fingerprint density at radius 2 is 1.88 bits per heavy atom. The molecule has 1 aliphatic heterocycles. The number of hydrogen-bond acceptors (Lipinski definition) is 2. The van der Waals surface area contributed by atoms with Crippen LogP contribution in [0.2, 0.25) is 0 Å². The van der Waals surface area contributed by atoms with E-state index in [1.165, 1.54) is 38.5 Å². The van der Waals surface area contributed by atoms with E-state index < -0.39 is 0 Å². The third-order valence-electron chi connectivity index (χ3n) is 5.06. The minimum absolute atomic E-state index is 0.168. The summed E-state index contributed by atoms with van der Waals surface area (Å²) < 4.78 is 6.29. The standard InChI is InChI=1S/C15H29NO/c1-4-13(5-2)14-15(17-11-10-16-14)8-6-12(3)7-9-15/h12-14,16H,4-11H2,1-3H3. The summed E-state index contributed by atoms with van der Waals surface area (Å²) in [5.41, 5.74) is 0.168. The predicted molar refractivity (Wildman–Crippen MR) is 72.2 cm³/mol. The number of nitrogens with one attached hydrogen (secondary N) is 1. The third kappa shape index (κ3) is 2.68. The molecule has 0 radical (unpaired) electrons. The van der Waals surface area contributed by atoms with E-state index in [1.807, 2.05) is 0 Å². The summed E-state index contributed by atoms with van der Waals surface area (Å²) in [6.45, 7) is 8.98. The topological polar surface area (TPSA) is 21.3 Å². The summed E-state index contributed by atoms with van der Waals surface area (Å²) in [5, 5.41) is 3.77. The molecule has 1 N–H and O–H groups in total. The van der Waals surface area contributed by atoms with Crippen molar-refractivity contribution < 1.29 is 4.74 Å². The van der Waals surface area contributed by atoms with Crippen LogP contribution in [0.4, 0.5) is 0 Å². The molecular formula is C15H29NO. The van der Waals surface area contributed by atoms with E-state index in [1.54, 1.807) is 0 Å². The molecule has 0 aromatic carbocycles. The Hall–Kier alpha value is -0.0800. The lowest BCUT2D eigenvalue weighted by Crippen LogP contribution is -2.62. The molecule has 2 fully saturated rings. The van der Waals surface area contributed by atoms with E-state index >= 15 is 0 Å². The second kappa shape index (κ2) is 5.71. The Balaban J connectivity index is 2.10. The molecule has 0 aromatic heterocycles. The van der Waals surface area contributed by atoms with Gasteiger partial charge in [-0.05, 0) is 37.5 Å². The van der Waals surface area contributed by atoms with Gasteiger partial charge in [0.15, 0.2) is 0 Å². The number of rotatable bonds is 3. The Morgan fingerprint density at radius 3 is 2.47 bits per heavy atom. The Morgan fingerprint density at radius 1 is 1.24 bits per heavy atom. The van der Waals surface area contributed by atoms with Crippen LogP contribution < -0.4 is 5.32 Å². The van der Waals surface area contributed by atoms with E-state index in [2.05, 4.69) is 26.1 Å². The van der Waals surface area contributed by atoms with Crippen molar-refractivity contribution in [1.29, 1.82) is 0 Å². The smallest absolute Gasteiger partial charge is 0.0838 e. The molecule has 2 nitrogen and oxygen atoms in total. The highest BCUT2D eigenvalue weighted by atomic mass is 16.5. The van der Waals surface area contributed by atoms with Gasteiger partial charge in [-0.2, -0.15) is 0 Å². The maximum absolute atomic E-state index is 6.29. The molecule has 100 valence electrons. The molecule has 1 saturated carbocycles. The lowest BCUT2D eigenvalue weighted by atomic mass is 9.70. The second-order valence-corrected chi connectivity index (χ2v) is 6.10. The summed E-state index contributed by atoms with van der Waals surface area (Å²) in [7, 11) is 0. The van der Waals surface area contributed by atoms with Gasteiger partial charge >= 0.3 is 0 Å². The van der Waals surface area contributed by atoms with Crippen LogP contribution in [0.3, 0.4) is 0 Å². The number of morpholine rings is 1. The summed E-state index contributed by atoms with van der Waals surface area (Å²) in [5.74, 6) is 1.68. The third-order valence-corrected chi connectivity index (χ3v) is 5.06. The van der Waals surface area contributed by atoms with Crippen LogP contribution in [0.1, 0.15) is 59.3 Å². The van der Waals surface area contributed by atoms with E-state index in [0.29, 0.717) is 6.04 Å². The quantitative estimate of drug-likeness (QED) is 0.815. The molecule has 17 heavy (non-hydrogen) atoms. The van der Waals surface area contributed by atoms with Gasteiger partial charge in [0.25, 0.3) is 0 Å². The average Bonchev–Trinajstić information content (AvgIpc) is 2.37. The molecule has 1 saturated heterocycles. The highest BCUT2D eigenvalue weighted by Gasteiger charge is 2.46. The van der Waals surface area contributed by atoms with Gasteiger partial charge in [0, 0.05) is 12.6 Å². The van der Waals surface area contributed by atoms with Gasteiger partial charge in [-0.15, -0.1) is 0 Å². The first-order valence-electron chi connectivity index (χ1n) is 7.59. The second-order valence-electron chi connectivity index (χ2n) is 6.10. The Bertz CT molecular complexity index is 229. The fraction of sp³-hybridized carbons (Fsp3) is 1.00. The van der Waals surface area contributed by atoms with Crippen molar-refractivity contribution in [1.82, 2.24) is 5.32 Å². The van der Waals surface area contributed by atoms with Crippen LogP contribution in [0.25, 0.3) is 0 Å². The minimum atomic E-state index is 0.168. The van der Waals surface area contributed by atoms with Crippen LogP contribution in [0, 0.1) is 11.8 Å². The van der Waals surface area contributed by atoms with Crippen molar-refractivity contribution in [2.45, 2.75) is 70.9 Å². The van der Waals surface area contributed by atoms with E-state index in [0.717, 1.165) is 25.0 Å². The van der Waals surface area contributed by atoms with Gasteiger partial charge in [0.1, 0.15) is 0 Å². The van der Waals surface area contributed by atoms with Gasteiger partial charge in [-0.25, -0.2) is 0 Å². The summed E-state index contributed by atoms with van der Waals surface area (Å²) >= 11 is 0. The maximum atomic E-state index is 6.29. The lowest BCUT2D eigenvalue weighted by molar-refractivity contribution is -0.135. The highest BCUT2D eigenvalue weighted by molar-refractivity contribution is 5.01. The van der Waals surface area contributed by atoms with Gasteiger partial charge in [-0.3, -0.25) is 0 Å². The first-order valence-corrected chi connectivity index (χ1v) is 7.59. The van der Waals surface area contributed by atoms with E-state index in [4.69, 9.17) is 4.74 Å². The maximum Gasteiger partial charge on any atom is 0.0838 e. The van der Waals surface area contributed by atoms with Crippen molar-refractivity contribution in [3.63, 3.8) is 0 Å². The molecule has 2 heteroatoms. The van der Waals surface area contributed by atoms with Crippen LogP contribution >= 0.6 is 0 Å². The number of ether oxygens (including phenoxy) is 1. The van der Waals surface area contributed by atoms with E-state index in [9.17, 15) is 0 Å². The molecule has 0 aromatic rings. The lowest BCUT2D eigenvalue weighted by Gasteiger charge is -2.50. The highest BCUT2D eigenvalue weighted by Crippen LogP contribution is 2.41. The molecule has 0 bridgehead atoms. The van der Waals surface area contributed by atoms with Crippen LogP contribution in [0.15, 0.2) is 0 Å². The number of hydrogen-bond donors (Lipinski definition) is 1. The molecule has 2 aliphatic rings. The van der Waals surface area contributed by atoms with Gasteiger partial charge in [0.05, 0.1) is 12.2 Å². The minimum Gasteiger partial charge on any atom is -0.372 e. The van der Waals surface area contributed by atoms with Gasteiger partial charge in [0.2, 0.25) is 0 Å². The normalized spacial score (nSPS) is 38.8. The van der Waals surface area contributed by atoms with Crippen molar-refractivity contribution in [2.75, 3.05) is 13.2 Å². The largest absolute Gasteiger partial charge is 0.372 e. The zero-order valence-electron chi connectivity index (χ0n) is 11.8. The molecule has 1 aliphatic carbocycles. The Kier molecular flexibility index (Phi) is 4.48. The van der Waals surface area contributed by atoms with Crippen molar-refractivity contribution >= 4 is 0 Å².